The van der Waals surface area contributed by atoms with E-state index in [1.807, 2.05) is 26.0 Å². The second kappa shape index (κ2) is 5.18. The van der Waals surface area contributed by atoms with Crippen molar-refractivity contribution in [3.63, 3.8) is 0 Å². The Kier molecular flexibility index (Phi) is 3.35. The van der Waals surface area contributed by atoms with Crippen LogP contribution in [0.2, 0.25) is 5.02 Å². The zero-order valence-corrected chi connectivity index (χ0v) is 12.2. The number of halogens is 1. The molecule has 2 aromatic heterocycles. The summed E-state index contributed by atoms with van der Waals surface area (Å²) < 4.78 is 5.22. The molecule has 0 unspecified atom stereocenters. The van der Waals surface area contributed by atoms with E-state index in [4.69, 9.17) is 16.1 Å². The summed E-state index contributed by atoms with van der Waals surface area (Å²) in [5, 5.41) is 14.3. The summed E-state index contributed by atoms with van der Waals surface area (Å²) in [4.78, 5) is 8.62. The van der Waals surface area contributed by atoms with Crippen molar-refractivity contribution in [1.29, 1.82) is 0 Å². The fourth-order valence-electron chi connectivity index (χ4n) is 2.10. The Bertz CT molecular complexity index is 794. The standard InChI is InChI=1S/C15H12ClN3O2/c1-8-5-10(6-9(2)17-8)14-18-15(21-19-14)12-4-3-11(16)7-13(12)20/h3-7,20H,1-2H3. The molecule has 1 aromatic carbocycles. The highest BCUT2D eigenvalue weighted by Gasteiger charge is 2.14. The predicted molar refractivity (Wildman–Crippen MR) is 79.1 cm³/mol. The molecule has 0 radical (unpaired) electrons. The maximum absolute atomic E-state index is 9.89. The van der Waals surface area contributed by atoms with Gasteiger partial charge in [-0.3, -0.25) is 4.98 Å². The van der Waals surface area contributed by atoms with Crippen LogP contribution in [0, 0.1) is 13.8 Å². The first-order valence-corrected chi connectivity index (χ1v) is 6.69. The van der Waals surface area contributed by atoms with Crippen LogP contribution in [0.3, 0.4) is 0 Å². The molecule has 5 nitrogen and oxygen atoms in total. The number of hydrogen-bond donors (Lipinski definition) is 1. The van der Waals surface area contributed by atoms with E-state index in [0.717, 1.165) is 17.0 Å². The number of benzene rings is 1. The largest absolute Gasteiger partial charge is 0.507 e. The van der Waals surface area contributed by atoms with E-state index in [9.17, 15) is 5.11 Å². The van der Waals surface area contributed by atoms with Crippen LogP contribution >= 0.6 is 11.6 Å². The van der Waals surface area contributed by atoms with E-state index in [-0.39, 0.29) is 11.6 Å². The molecule has 21 heavy (non-hydrogen) atoms. The summed E-state index contributed by atoms with van der Waals surface area (Å²) >= 11 is 5.81. The highest BCUT2D eigenvalue weighted by molar-refractivity contribution is 6.30. The monoisotopic (exact) mass is 301 g/mol. The van der Waals surface area contributed by atoms with Gasteiger partial charge in [0, 0.05) is 22.0 Å². The third kappa shape index (κ3) is 2.73. The molecule has 3 rings (SSSR count). The van der Waals surface area contributed by atoms with Gasteiger partial charge in [0.15, 0.2) is 0 Å². The average Bonchev–Trinajstić information content (AvgIpc) is 2.87. The van der Waals surface area contributed by atoms with E-state index in [2.05, 4.69) is 15.1 Å². The van der Waals surface area contributed by atoms with Crippen molar-refractivity contribution < 1.29 is 9.63 Å². The molecular formula is C15H12ClN3O2. The molecule has 0 aliphatic carbocycles. The van der Waals surface area contributed by atoms with Gasteiger partial charge < -0.3 is 9.63 Å². The minimum absolute atomic E-state index is 0.000195. The molecule has 0 saturated carbocycles. The number of aromatic hydroxyl groups is 1. The number of rotatable bonds is 2. The van der Waals surface area contributed by atoms with Crippen molar-refractivity contribution >= 4 is 11.6 Å². The fourth-order valence-corrected chi connectivity index (χ4v) is 2.27. The Balaban J connectivity index is 2.03. The summed E-state index contributed by atoms with van der Waals surface area (Å²) in [6.45, 7) is 3.81. The smallest absolute Gasteiger partial charge is 0.261 e. The summed E-state index contributed by atoms with van der Waals surface area (Å²) in [6, 6.07) is 8.48. The quantitative estimate of drug-likeness (QED) is 0.780. The summed E-state index contributed by atoms with van der Waals surface area (Å²) in [5.41, 5.74) is 3.03. The third-order valence-electron chi connectivity index (χ3n) is 2.96. The van der Waals surface area contributed by atoms with Crippen LogP contribution in [-0.2, 0) is 0 Å². The zero-order chi connectivity index (χ0) is 15.0. The molecule has 0 amide bonds. The molecule has 1 N–H and O–H groups in total. The maximum Gasteiger partial charge on any atom is 0.261 e. The van der Waals surface area contributed by atoms with Crippen molar-refractivity contribution in [2.75, 3.05) is 0 Å². The molecule has 0 spiro atoms. The van der Waals surface area contributed by atoms with Crippen LogP contribution in [0.5, 0.6) is 5.75 Å². The lowest BCUT2D eigenvalue weighted by Gasteiger charge is -2.00. The topological polar surface area (TPSA) is 72.0 Å². The van der Waals surface area contributed by atoms with Crippen molar-refractivity contribution in [3.8, 4) is 28.6 Å². The van der Waals surface area contributed by atoms with Gasteiger partial charge in [-0.25, -0.2) is 0 Å². The highest BCUT2D eigenvalue weighted by atomic mass is 35.5. The minimum atomic E-state index is -0.000195. The lowest BCUT2D eigenvalue weighted by Crippen LogP contribution is -1.89. The lowest BCUT2D eigenvalue weighted by atomic mass is 10.2. The molecule has 0 fully saturated rings. The van der Waals surface area contributed by atoms with Gasteiger partial charge in [0.25, 0.3) is 5.89 Å². The van der Waals surface area contributed by atoms with Crippen LogP contribution in [0.4, 0.5) is 0 Å². The molecule has 6 heteroatoms. The predicted octanol–water partition coefficient (Wildman–Crippen LogP) is 3.77. The van der Waals surface area contributed by atoms with Crippen LogP contribution in [-0.4, -0.2) is 20.2 Å². The number of aryl methyl sites for hydroxylation is 2. The summed E-state index contributed by atoms with van der Waals surface area (Å²) in [5.74, 6) is 0.694. The molecule has 3 aromatic rings. The summed E-state index contributed by atoms with van der Waals surface area (Å²) in [6.07, 6.45) is 0. The first kappa shape index (κ1) is 13.6. The van der Waals surface area contributed by atoms with Crippen LogP contribution < -0.4 is 0 Å². The normalized spacial score (nSPS) is 10.8. The van der Waals surface area contributed by atoms with Gasteiger partial charge in [-0.05, 0) is 44.2 Å². The second-order valence-corrected chi connectivity index (χ2v) is 5.16. The van der Waals surface area contributed by atoms with Gasteiger partial charge in [0.1, 0.15) is 5.75 Å². The van der Waals surface area contributed by atoms with E-state index in [1.165, 1.54) is 6.07 Å². The Morgan fingerprint density at radius 2 is 1.76 bits per heavy atom. The molecule has 0 aliphatic rings. The van der Waals surface area contributed by atoms with Gasteiger partial charge >= 0.3 is 0 Å². The SMILES string of the molecule is Cc1cc(-c2noc(-c3ccc(Cl)cc3O)n2)cc(C)n1. The maximum atomic E-state index is 9.89. The van der Waals surface area contributed by atoms with E-state index < -0.39 is 0 Å². The number of nitrogens with zero attached hydrogens (tertiary/aromatic N) is 3. The van der Waals surface area contributed by atoms with E-state index >= 15 is 0 Å². The van der Waals surface area contributed by atoms with Crippen LogP contribution in [0.25, 0.3) is 22.8 Å². The highest BCUT2D eigenvalue weighted by Crippen LogP contribution is 2.31. The number of phenols is 1. The molecule has 2 heterocycles. The first-order chi connectivity index (χ1) is 10.0. The average molecular weight is 302 g/mol. The Labute approximate surface area is 126 Å². The summed E-state index contributed by atoms with van der Waals surface area (Å²) in [7, 11) is 0. The van der Waals surface area contributed by atoms with E-state index in [0.29, 0.717) is 16.4 Å². The second-order valence-electron chi connectivity index (χ2n) is 4.72. The Morgan fingerprint density at radius 3 is 2.43 bits per heavy atom. The van der Waals surface area contributed by atoms with Gasteiger partial charge in [0.05, 0.1) is 5.56 Å². The molecule has 0 aliphatic heterocycles. The van der Waals surface area contributed by atoms with Crippen molar-refractivity contribution in [2.45, 2.75) is 13.8 Å². The Hall–Kier alpha value is -2.40. The molecule has 0 bridgehead atoms. The molecule has 0 atom stereocenters. The molecule has 0 saturated heterocycles. The van der Waals surface area contributed by atoms with Crippen LogP contribution in [0.1, 0.15) is 11.4 Å². The fraction of sp³-hybridized carbons (Fsp3) is 0.133. The number of phenolic OH excluding ortho intramolecular Hbond substituents is 1. The zero-order valence-electron chi connectivity index (χ0n) is 11.5. The van der Waals surface area contributed by atoms with Gasteiger partial charge in [-0.15, -0.1) is 0 Å². The van der Waals surface area contributed by atoms with Gasteiger partial charge in [0.2, 0.25) is 5.82 Å². The van der Waals surface area contributed by atoms with Crippen molar-refractivity contribution in [1.82, 2.24) is 15.1 Å². The Morgan fingerprint density at radius 1 is 1.05 bits per heavy atom. The van der Waals surface area contributed by atoms with Crippen molar-refractivity contribution in [2.24, 2.45) is 0 Å². The number of aromatic nitrogens is 3. The van der Waals surface area contributed by atoms with Crippen LogP contribution in [0.15, 0.2) is 34.9 Å². The molecule has 106 valence electrons. The number of pyridine rings is 1. The molecular weight excluding hydrogens is 290 g/mol. The third-order valence-corrected chi connectivity index (χ3v) is 3.19. The first-order valence-electron chi connectivity index (χ1n) is 6.31. The minimum Gasteiger partial charge on any atom is -0.507 e. The number of hydrogen-bond acceptors (Lipinski definition) is 5. The van der Waals surface area contributed by atoms with Gasteiger partial charge in [-0.1, -0.05) is 16.8 Å². The van der Waals surface area contributed by atoms with Gasteiger partial charge in [-0.2, -0.15) is 4.98 Å². The lowest BCUT2D eigenvalue weighted by molar-refractivity contribution is 0.426. The van der Waals surface area contributed by atoms with Crippen molar-refractivity contribution in [3.05, 3.63) is 46.7 Å². The van der Waals surface area contributed by atoms with E-state index in [1.54, 1.807) is 12.1 Å².